The lowest BCUT2D eigenvalue weighted by Gasteiger charge is -2.06. The number of hydrogen-bond acceptors (Lipinski definition) is 1. The lowest BCUT2D eigenvalue weighted by atomic mass is 10.1. The quantitative estimate of drug-likeness (QED) is 0.494. The first-order valence-electron chi connectivity index (χ1n) is 5.49. The van der Waals surface area contributed by atoms with Crippen molar-refractivity contribution in [1.29, 1.82) is 0 Å². The molecule has 0 saturated heterocycles. The molecule has 0 atom stereocenters. The van der Waals surface area contributed by atoms with E-state index in [-0.39, 0.29) is 5.91 Å². The first kappa shape index (κ1) is 13.8. The third-order valence-corrected chi connectivity index (χ3v) is 2.35. The fraction of sp³-hybridized carbons (Fsp3) is 0.909. The molecule has 2 nitrogen and oxygen atoms in total. The summed E-state index contributed by atoms with van der Waals surface area (Å²) in [6.45, 7) is 5.06. The van der Waals surface area contributed by atoms with Gasteiger partial charge in [0.15, 0.2) is 0 Å². The van der Waals surface area contributed by atoms with E-state index < -0.39 is 0 Å². The Bertz CT molecular complexity index is 148. The molecule has 0 aliphatic rings. The maximum Gasteiger partial charge on any atom is 0.220 e. The largest absolute Gasteiger partial charge is 0.356 e. The normalized spacial score (nSPS) is 10.6. The molecular weight excluding hydrogens is 198 g/mol. The molecule has 1 N–H and O–H groups in total. The summed E-state index contributed by atoms with van der Waals surface area (Å²) >= 11 is 5.54. The van der Waals surface area contributed by atoms with E-state index in [4.69, 9.17) is 11.6 Å². The Morgan fingerprint density at radius 1 is 1.29 bits per heavy atom. The lowest BCUT2D eigenvalue weighted by Crippen LogP contribution is -2.24. The summed E-state index contributed by atoms with van der Waals surface area (Å²) in [6, 6.07) is 0. The highest BCUT2D eigenvalue weighted by Gasteiger charge is 2.01. The molecule has 0 heterocycles. The van der Waals surface area contributed by atoms with E-state index in [2.05, 4.69) is 19.2 Å². The Kier molecular flexibility index (Phi) is 9.16. The number of rotatable bonds is 8. The molecule has 0 bridgehead atoms. The van der Waals surface area contributed by atoms with Crippen LogP contribution < -0.4 is 5.32 Å². The Hall–Kier alpha value is -0.240. The van der Waals surface area contributed by atoms with E-state index in [1.165, 1.54) is 0 Å². The highest BCUT2D eigenvalue weighted by Crippen LogP contribution is 2.03. The second-order valence-electron chi connectivity index (χ2n) is 4.03. The maximum atomic E-state index is 11.2. The van der Waals surface area contributed by atoms with E-state index in [0.717, 1.165) is 38.1 Å². The van der Waals surface area contributed by atoms with Gasteiger partial charge in [0.2, 0.25) is 5.91 Å². The molecule has 84 valence electrons. The van der Waals surface area contributed by atoms with E-state index in [1.54, 1.807) is 0 Å². The van der Waals surface area contributed by atoms with Crippen LogP contribution in [0.2, 0.25) is 0 Å². The van der Waals surface area contributed by atoms with Gasteiger partial charge in [0, 0.05) is 18.8 Å². The molecule has 3 heteroatoms. The number of nitrogens with one attached hydrogen (secondary N) is 1. The summed E-state index contributed by atoms with van der Waals surface area (Å²) in [5.41, 5.74) is 0. The maximum absolute atomic E-state index is 11.2. The second-order valence-corrected chi connectivity index (χ2v) is 4.41. The molecule has 0 fully saturated rings. The Balaban J connectivity index is 3.18. The van der Waals surface area contributed by atoms with Crippen molar-refractivity contribution in [2.24, 2.45) is 5.92 Å². The van der Waals surface area contributed by atoms with E-state index in [1.807, 2.05) is 0 Å². The summed E-state index contributed by atoms with van der Waals surface area (Å²) in [7, 11) is 0. The number of alkyl halides is 1. The van der Waals surface area contributed by atoms with Crippen molar-refractivity contribution < 1.29 is 4.79 Å². The van der Waals surface area contributed by atoms with Gasteiger partial charge in [-0.05, 0) is 25.2 Å². The van der Waals surface area contributed by atoms with Gasteiger partial charge in [-0.3, -0.25) is 4.79 Å². The highest BCUT2D eigenvalue weighted by atomic mass is 35.5. The van der Waals surface area contributed by atoms with Crippen molar-refractivity contribution in [3.8, 4) is 0 Å². The number of carbonyl (C=O) groups excluding carboxylic acids is 1. The van der Waals surface area contributed by atoms with Crippen molar-refractivity contribution >= 4 is 17.5 Å². The van der Waals surface area contributed by atoms with E-state index in [9.17, 15) is 4.79 Å². The van der Waals surface area contributed by atoms with Gasteiger partial charge in [-0.2, -0.15) is 0 Å². The molecule has 0 aliphatic carbocycles. The van der Waals surface area contributed by atoms with Crippen LogP contribution in [0.25, 0.3) is 0 Å². The second kappa shape index (κ2) is 9.32. The minimum absolute atomic E-state index is 0.185. The first-order chi connectivity index (χ1) is 6.66. The van der Waals surface area contributed by atoms with Gasteiger partial charge in [0.25, 0.3) is 0 Å². The Morgan fingerprint density at radius 2 is 2.00 bits per heavy atom. The van der Waals surface area contributed by atoms with Crippen molar-refractivity contribution in [3.05, 3.63) is 0 Å². The highest BCUT2D eigenvalue weighted by molar-refractivity contribution is 6.17. The SMILES string of the molecule is CC(C)CCC(=O)NCCCCCCl. The average Bonchev–Trinajstić information content (AvgIpc) is 2.14. The third kappa shape index (κ3) is 9.85. The lowest BCUT2D eigenvalue weighted by molar-refractivity contribution is -0.121. The molecule has 0 aromatic heterocycles. The van der Waals surface area contributed by atoms with Gasteiger partial charge in [0.1, 0.15) is 0 Å². The van der Waals surface area contributed by atoms with Gasteiger partial charge in [-0.1, -0.05) is 20.3 Å². The monoisotopic (exact) mass is 219 g/mol. The van der Waals surface area contributed by atoms with Crippen molar-refractivity contribution in [3.63, 3.8) is 0 Å². The van der Waals surface area contributed by atoms with Crippen molar-refractivity contribution in [2.75, 3.05) is 12.4 Å². The molecule has 0 saturated carbocycles. The molecule has 0 spiro atoms. The zero-order valence-electron chi connectivity index (χ0n) is 9.31. The van der Waals surface area contributed by atoms with Crippen LogP contribution in [0, 0.1) is 5.92 Å². The number of hydrogen-bond donors (Lipinski definition) is 1. The van der Waals surface area contributed by atoms with Crippen molar-refractivity contribution in [2.45, 2.75) is 46.0 Å². The summed E-state index contributed by atoms with van der Waals surface area (Å²) in [5, 5.41) is 2.91. The third-order valence-electron chi connectivity index (χ3n) is 2.08. The number of halogens is 1. The number of amides is 1. The smallest absolute Gasteiger partial charge is 0.220 e. The fourth-order valence-electron chi connectivity index (χ4n) is 1.13. The van der Waals surface area contributed by atoms with E-state index in [0.29, 0.717) is 12.3 Å². The minimum atomic E-state index is 0.185. The van der Waals surface area contributed by atoms with Gasteiger partial charge >= 0.3 is 0 Å². The summed E-state index contributed by atoms with van der Waals surface area (Å²) < 4.78 is 0. The molecule has 0 aromatic rings. The predicted molar refractivity (Wildman–Crippen MR) is 61.7 cm³/mol. The van der Waals surface area contributed by atoms with Crippen LogP contribution >= 0.6 is 11.6 Å². The minimum Gasteiger partial charge on any atom is -0.356 e. The summed E-state index contributed by atoms with van der Waals surface area (Å²) in [4.78, 5) is 11.2. The van der Waals surface area contributed by atoms with Crippen LogP contribution in [0.4, 0.5) is 0 Å². The molecule has 14 heavy (non-hydrogen) atoms. The van der Waals surface area contributed by atoms with Crippen LogP contribution in [-0.2, 0) is 4.79 Å². The number of carbonyl (C=O) groups is 1. The predicted octanol–water partition coefficient (Wildman–Crippen LogP) is 2.95. The van der Waals surface area contributed by atoms with Gasteiger partial charge in [-0.25, -0.2) is 0 Å². The van der Waals surface area contributed by atoms with Crippen LogP contribution in [-0.4, -0.2) is 18.3 Å². The molecule has 0 unspecified atom stereocenters. The van der Waals surface area contributed by atoms with Gasteiger partial charge < -0.3 is 5.32 Å². The zero-order valence-corrected chi connectivity index (χ0v) is 10.1. The molecule has 0 rings (SSSR count). The van der Waals surface area contributed by atoms with Gasteiger partial charge in [0.05, 0.1) is 0 Å². The van der Waals surface area contributed by atoms with E-state index >= 15 is 0 Å². The Morgan fingerprint density at radius 3 is 2.57 bits per heavy atom. The van der Waals surface area contributed by atoms with Crippen LogP contribution in [0.15, 0.2) is 0 Å². The van der Waals surface area contributed by atoms with Crippen molar-refractivity contribution in [1.82, 2.24) is 5.32 Å². The molecule has 0 radical (unpaired) electrons. The Labute approximate surface area is 92.4 Å². The zero-order chi connectivity index (χ0) is 10.8. The molecule has 0 aromatic carbocycles. The van der Waals surface area contributed by atoms with Crippen LogP contribution in [0.1, 0.15) is 46.0 Å². The first-order valence-corrected chi connectivity index (χ1v) is 6.03. The van der Waals surface area contributed by atoms with Crippen LogP contribution in [0.5, 0.6) is 0 Å². The summed E-state index contributed by atoms with van der Waals surface area (Å²) in [6.07, 6.45) is 4.83. The average molecular weight is 220 g/mol. The summed E-state index contributed by atoms with van der Waals surface area (Å²) in [5.74, 6) is 1.52. The molecule has 1 amide bonds. The van der Waals surface area contributed by atoms with Gasteiger partial charge in [-0.15, -0.1) is 11.6 Å². The fourth-order valence-corrected chi connectivity index (χ4v) is 1.32. The number of unbranched alkanes of at least 4 members (excludes halogenated alkanes) is 2. The van der Waals surface area contributed by atoms with Crippen LogP contribution in [0.3, 0.4) is 0 Å². The molecule has 0 aliphatic heterocycles. The topological polar surface area (TPSA) is 29.1 Å². The molecular formula is C11H22ClNO. The standard InChI is InChI=1S/C11H22ClNO/c1-10(2)6-7-11(14)13-9-5-3-4-8-12/h10H,3-9H2,1-2H3,(H,13,14).